The van der Waals surface area contributed by atoms with Gasteiger partial charge in [-0.1, -0.05) is 12.1 Å². The Morgan fingerprint density at radius 3 is 2.48 bits per heavy atom. The van der Waals surface area contributed by atoms with Gasteiger partial charge in [-0.2, -0.15) is 8.42 Å². The first-order chi connectivity index (χ1) is 14.7. The normalized spacial score (nSPS) is 18.6. The minimum Gasteiger partial charge on any atom is -0.493 e. The minimum absolute atomic E-state index is 0.0245. The van der Waals surface area contributed by atoms with Crippen molar-refractivity contribution in [3.8, 4) is 17.2 Å². The zero-order valence-electron chi connectivity index (χ0n) is 17.3. The van der Waals surface area contributed by atoms with E-state index in [9.17, 15) is 17.8 Å². The van der Waals surface area contributed by atoms with Crippen molar-refractivity contribution in [3.63, 3.8) is 0 Å². The van der Waals surface area contributed by atoms with Gasteiger partial charge < -0.3 is 18.9 Å². The van der Waals surface area contributed by atoms with Crippen LogP contribution in [-0.4, -0.2) is 53.0 Å². The molecule has 0 radical (unpaired) electrons. The standard InChI is InChI=1S/C20H24N2O8S/c1-20(12-29-13-30-16-6-4-5-7-18(16)31(24,25)26)11-22(21-19(20)23)14-8-9-15(27-2)17(10-14)28-3/h4-10H,11-13H2,1-3H3,(H,21,23)(H,24,25,26). The molecule has 0 aromatic heterocycles. The molecule has 3 rings (SSSR count). The number of benzene rings is 2. The summed E-state index contributed by atoms with van der Waals surface area (Å²) in [7, 11) is -1.35. The van der Waals surface area contributed by atoms with Crippen LogP contribution in [0.15, 0.2) is 47.4 Å². The Morgan fingerprint density at radius 2 is 1.81 bits per heavy atom. The number of carbonyl (C=O) groups is 1. The van der Waals surface area contributed by atoms with Gasteiger partial charge in [0, 0.05) is 6.07 Å². The quantitative estimate of drug-likeness (QED) is 0.333. The van der Waals surface area contributed by atoms with Gasteiger partial charge in [-0.15, -0.1) is 0 Å². The Hall–Kier alpha value is -3.02. The molecule has 168 valence electrons. The van der Waals surface area contributed by atoms with Crippen LogP contribution in [0.5, 0.6) is 17.2 Å². The molecule has 1 saturated heterocycles. The second-order valence-electron chi connectivity index (χ2n) is 7.16. The zero-order valence-corrected chi connectivity index (χ0v) is 18.1. The average molecular weight is 452 g/mol. The van der Waals surface area contributed by atoms with Crippen LogP contribution in [0.25, 0.3) is 0 Å². The third-order valence-corrected chi connectivity index (χ3v) is 5.71. The van der Waals surface area contributed by atoms with E-state index in [0.29, 0.717) is 23.7 Å². The third kappa shape index (κ3) is 5.01. The van der Waals surface area contributed by atoms with Crippen LogP contribution in [0.2, 0.25) is 0 Å². The van der Waals surface area contributed by atoms with Crippen LogP contribution < -0.4 is 24.6 Å². The number of methoxy groups -OCH3 is 2. The van der Waals surface area contributed by atoms with Crippen LogP contribution in [-0.2, 0) is 19.6 Å². The molecule has 0 bridgehead atoms. The summed E-state index contributed by atoms with van der Waals surface area (Å²) < 4.78 is 53.4. The van der Waals surface area contributed by atoms with Crippen molar-refractivity contribution < 1.29 is 36.7 Å². The minimum atomic E-state index is -4.43. The largest absolute Gasteiger partial charge is 0.493 e. The summed E-state index contributed by atoms with van der Waals surface area (Å²) in [4.78, 5) is 12.2. The molecule has 1 unspecified atom stereocenters. The Labute approximate surface area is 180 Å². The van der Waals surface area contributed by atoms with Gasteiger partial charge in [0.25, 0.3) is 10.1 Å². The lowest BCUT2D eigenvalue weighted by atomic mass is 9.92. The number of hydrogen-bond acceptors (Lipinski definition) is 8. The van der Waals surface area contributed by atoms with Crippen LogP contribution >= 0.6 is 0 Å². The fourth-order valence-electron chi connectivity index (χ4n) is 3.13. The second kappa shape index (κ2) is 9.00. The van der Waals surface area contributed by atoms with Gasteiger partial charge in [0.15, 0.2) is 18.3 Å². The highest BCUT2D eigenvalue weighted by Crippen LogP contribution is 2.34. The van der Waals surface area contributed by atoms with E-state index in [1.54, 1.807) is 43.3 Å². The molecule has 2 N–H and O–H groups in total. The van der Waals surface area contributed by atoms with Crippen molar-refractivity contribution in [2.45, 2.75) is 11.8 Å². The highest BCUT2D eigenvalue weighted by atomic mass is 32.2. The maximum Gasteiger partial charge on any atom is 0.298 e. The number of nitrogens with one attached hydrogen (secondary N) is 1. The van der Waals surface area contributed by atoms with E-state index in [0.717, 1.165) is 0 Å². The number of ether oxygens (including phenoxy) is 4. The summed E-state index contributed by atoms with van der Waals surface area (Å²) in [6, 6.07) is 10.9. The van der Waals surface area contributed by atoms with Crippen molar-refractivity contribution in [2.24, 2.45) is 5.41 Å². The molecule has 2 aromatic carbocycles. The lowest BCUT2D eigenvalue weighted by Gasteiger charge is -2.22. The molecule has 1 aliphatic heterocycles. The highest BCUT2D eigenvalue weighted by Gasteiger charge is 2.43. The molecule has 1 atom stereocenters. The van der Waals surface area contributed by atoms with E-state index in [4.69, 9.17) is 18.9 Å². The number of hydrogen-bond donors (Lipinski definition) is 2. The van der Waals surface area contributed by atoms with E-state index in [-0.39, 0.29) is 30.0 Å². The molecule has 1 aliphatic rings. The number of hydrazine groups is 1. The molecule has 11 heteroatoms. The molecule has 0 aliphatic carbocycles. The van der Waals surface area contributed by atoms with Gasteiger partial charge in [0.1, 0.15) is 10.6 Å². The topological polar surface area (TPSA) is 124 Å². The number of para-hydroxylation sites is 1. The molecule has 31 heavy (non-hydrogen) atoms. The van der Waals surface area contributed by atoms with Gasteiger partial charge in [-0.25, -0.2) is 0 Å². The van der Waals surface area contributed by atoms with Crippen molar-refractivity contribution in [2.75, 3.05) is 39.2 Å². The summed E-state index contributed by atoms with van der Waals surface area (Å²) in [5.41, 5.74) is 2.64. The van der Waals surface area contributed by atoms with Crippen molar-refractivity contribution in [1.82, 2.24) is 5.43 Å². The number of rotatable bonds is 9. The molecule has 1 heterocycles. The van der Waals surface area contributed by atoms with E-state index < -0.39 is 15.5 Å². The van der Waals surface area contributed by atoms with Crippen molar-refractivity contribution >= 4 is 21.7 Å². The molecular weight excluding hydrogens is 428 g/mol. The first kappa shape index (κ1) is 22.7. The van der Waals surface area contributed by atoms with Gasteiger partial charge in [0.05, 0.1) is 38.5 Å². The Balaban J connectivity index is 1.61. The van der Waals surface area contributed by atoms with E-state index in [2.05, 4.69) is 5.43 Å². The summed E-state index contributed by atoms with van der Waals surface area (Å²) in [5.74, 6) is 0.828. The predicted molar refractivity (Wildman–Crippen MR) is 111 cm³/mol. The molecule has 1 fully saturated rings. The number of amides is 1. The summed E-state index contributed by atoms with van der Waals surface area (Å²) in [6.45, 7) is 1.79. The number of carbonyl (C=O) groups excluding carboxylic acids is 1. The summed E-state index contributed by atoms with van der Waals surface area (Å²) in [5, 5.41) is 1.68. The average Bonchev–Trinajstić information content (AvgIpc) is 3.05. The smallest absolute Gasteiger partial charge is 0.298 e. The number of anilines is 1. The van der Waals surface area contributed by atoms with E-state index in [1.807, 2.05) is 0 Å². The summed E-state index contributed by atoms with van der Waals surface area (Å²) in [6.07, 6.45) is 0. The monoisotopic (exact) mass is 452 g/mol. The van der Waals surface area contributed by atoms with Crippen molar-refractivity contribution in [3.05, 3.63) is 42.5 Å². The van der Waals surface area contributed by atoms with Gasteiger partial charge in [0.2, 0.25) is 5.91 Å². The van der Waals surface area contributed by atoms with Crippen LogP contribution in [0, 0.1) is 5.41 Å². The Morgan fingerprint density at radius 1 is 1.10 bits per heavy atom. The molecule has 10 nitrogen and oxygen atoms in total. The maximum atomic E-state index is 12.6. The second-order valence-corrected chi connectivity index (χ2v) is 8.55. The Kier molecular flexibility index (Phi) is 6.58. The summed E-state index contributed by atoms with van der Waals surface area (Å²) >= 11 is 0. The molecule has 1 amide bonds. The SMILES string of the molecule is COc1ccc(N2CC(C)(COCOc3ccccc3S(=O)(=O)O)C(=O)N2)cc1OC. The van der Waals surface area contributed by atoms with Crippen molar-refractivity contribution in [1.29, 1.82) is 0 Å². The fourth-order valence-corrected chi connectivity index (χ4v) is 3.76. The van der Waals surface area contributed by atoms with Crippen LogP contribution in [0.1, 0.15) is 6.92 Å². The maximum absolute atomic E-state index is 12.6. The molecule has 0 saturated carbocycles. The van der Waals surface area contributed by atoms with Gasteiger partial charge in [-0.3, -0.25) is 19.8 Å². The molecular formula is C20H24N2O8S. The first-order valence-corrected chi connectivity index (χ1v) is 10.7. The Bertz CT molecular complexity index is 1060. The zero-order chi connectivity index (χ0) is 22.6. The van der Waals surface area contributed by atoms with E-state index in [1.165, 1.54) is 25.3 Å². The number of nitrogens with zero attached hydrogens (tertiary/aromatic N) is 1. The van der Waals surface area contributed by atoms with Crippen LogP contribution in [0.4, 0.5) is 5.69 Å². The van der Waals surface area contributed by atoms with E-state index >= 15 is 0 Å². The molecule has 0 spiro atoms. The first-order valence-electron chi connectivity index (χ1n) is 9.25. The predicted octanol–water partition coefficient (Wildman–Crippen LogP) is 1.86. The lowest BCUT2D eigenvalue weighted by molar-refractivity contribution is -0.131. The van der Waals surface area contributed by atoms with Crippen LogP contribution in [0.3, 0.4) is 0 Å². The third-order valence-electron chi connectivity index (χ3n) is 4.82. The molecule has 2 aromatic rings. The van der Waals surface area contributed by atoms with Gasteiger partial charge >= 0.3 is 0 Å². The highest BCUT2D eigenvalue weighted by molar-refractivity contribution is 7.86. The fraction of sp³-hybridized carbons (Fsp3) is 0.350. The lowest BCUT2D eigenvalue weighted by Crippen LogP contribution is -2.35. The van der Waals surface area contributed by atoms with Gasteiger partial charge in [-0.05, 0) is 31.2 Å².